The van der Waals surface area contributed by atoms with Crippen LogP contribution in [0, 0.1) is 19.8 Å². The van der Waals surface area contributed by atoms with Crippen LogP contribution in [0.2, 0.25) is 0 Å². The zero-order chi connectivity index (χ0) is 12.8. The summed E-state index contributed by atoms with van der Waals surface area (Å²) < 4.78 is 0. The van der Waals surface area contributed by atoms with Crippen LogP contribution in [-0.2, 0) is 0 Å². The Kier molecular flexibility index (Phi) is 6.07. The van der Waals surface area contributed by atoms with Gasteiger partial charge in [0.25, 0.3) is 0 Å². The summed E-state index contributed by atoms with van der Waals surface area (Å²) in [7, 11) is 2.06. The summed E-state index contributed by atoms with van der Waals surface area (Å²) in [6.45, 7) is 8.97. The fourth-order valence-corrected chi connectivity index (χ4v) is 3.09. The molecule has 1 rings (SSSR count). The van der Waals surface area contributed by atoms with Crippen LogP contribution >= 0.6 is 11.8 Å². The molecule has 0 saturated carbocycles. The molecule has 1 N–H and O–H groups in total. The van der Waals surface area contributed by atoms with Gasteiger partial charge >= 0.3 is 0 Å². The number of benzene rings is 1. The summed E-state index contributed by atoms with van der Waals surface area (Å²) in [6, 6.07) is 7.07. The molecule has 0 heterocycles. The van der Waals surface area contributed by atoms with Gasteiger partial charge < -0.3 is 5.32 Å². The topological polar surface area (TPSA) is 12.0 Å². The molecule has 1 atom stereocenters. The third kappa shape index (κ3) is 4.36. The van der Waals surface area contributed by atoms with Gasteiger partial charge in [-0.1, -0.05) is 32.0 Å². The highest BCUT2D eigenvalue weighted by atomic mass is 32.2. The van der Waals surface area contributed by atoms with E-state index in [1.54, 1.807) is 0 Å². The minimum absolute atomic E-state index is 0.471. The van der Waals surface area contributed by atoms with Crippen molar-refractivity contribution in [2.45, 2.75) is 33.7 Å². The first-order valence-electron chi connectivity index (χ1n) is 6.37. The van der Waals surface area contributed by atoms with E-state index in [1.165, 1.54) is 22.4 Å². The third-order valence-corrected chi connectivity index (χ3v) is 4.58. The number of thioether (sulfide) groups is 1. The average Bonchev–Trinajstić information content (AvgIpc) is 2.28. The molecule has 0 aromatic heterocycles. The molecule has 0 fully saturated rings. The highest BCUT2D eigenvalue weighted by Crippen LogP contribution is 2.24. The fraction of sp³-hybridized carbons (Fsp3) is 0.600. The van der Waals surface area contributed by atoms with Crippen molar-refractivity contribution >= 4 is 11.8 Å². The van der Waals surface area contributed by atoms with Crippen molar-refractivity contribution in [2.75, 3.05) is 18.6 Å². The van der Waals surface area contributed by atoms with Crippen molar-refractivity contribution < 1.29 is 0 Å². The number of aryl methyl sites for hydroxylation is 1. The van der Waals surface area contributed by atoms with Gasteiger partial charge in [0.1, 0.15) is 0 Å². The first-order chi connectivity index (χ1) is 8.06. The Morgan fingerprint density at radius 1 is 1.18 bits per heavy atom. The normalized spacial score (nSPS) is 13.1. The Hall–Kier alpha value is -0.470. The molecule has 0 bridgehead atoms. The van der Waals surface area contributed by atoms with Crippen molar-refractivity contribution in [1.29, 1.82) is 0 Å². The molecule has 0 radical (unpaired) electrons. The van der Waals surface area contributed by atoms with Crippen LogP contribution in [0.15, 0.2) is 18.2 Å². The number of rotatable bonds is 6. The number of hydrogen-bond acceptors (Lipinski definition) is 2. The second-order valence-corrected chi connectivity index (χ2v) is 6.14. The van der Waals surface area contributed by atoms with E-state index in [2.05, 4.69) is 58.3 Å². The molecule has 1 nitrogen and oxygen atoms in total. The quantitative estimate of drug-likeness (QED) is 0.821. The SMILES string of the molecule is CNC(CSCC(C)C)c1cccc(C)c1C. The Labute approximate surface area is 110 Å². The summed E-state index contributed by atoms with van der Waals surface area (Å²) in [5.41, 5.74) is 4.26. The van der Waals surface area contributed by atoms with Gasteiger partial charge in [0.2, 0.25) is 0 Å². The molecular weight excluding hydrogens is 226 g/mol. The molecule has 1 unspecified atom stereocenters. The van der Waals surface area contributed by atoms with E-state index in [9.17, 15) is 0 Å². The Morgan fingerprint density at radius 2 is 1.88 bits per heavy atom. The smallest absolute Gasteiger partial charge is 0.0412 e. The van der Waals surface area contributed by atoms with Crippen molar-refractivity contribution in [3.05, 3.63) is 34.9 Å². The van der Waals surface area contributed by atoms with Crippen molar-refractivity contribution in [3.8, 4) is 0 Å². The lowest BCUT2D eigenvalue weighted by Gasteiger charge is -2.20. The van der Waals surface area contributed by atoms with Crippen molar-refractivity contribution in [1.82, 2.24) is 5.32 Å². The van der Waals surface area contributed by atoms with E-state index < -0.39 is 0 Å². The second-order valence-electron chi connectivity index (χ2n) is 5.06. The summed E-state index contributed by atoms with van der Waals surface area (Å²) in [4.78, 5) is 0. The van der Waals surface area contributed by atoms with Crippen LogP contribution in [-0.4, -0.2) is 18.6 Å². The van der Waals surface area contributed by atoms with E-state index in [-0.39, 0.29) is 0 Å². The van der Waals surface area contributed by atoms with Crippen LogP contribution in [0.5, 0.6) is 0 Å². The van der Waals surface area contributed by atoms with Crippen LogP contribution in [0.25, 0.3) is 0 Å². The van der Waals surface area contributed by atoms with Crippen LogP contribution in [0.1, 0.15) is 36.6 Å². The molecule has 0 aliphatic heterocycles. The Balaban J connectivity index is 2.69. The van der Waals surface area contributed by atoms with Gasteiger partial charge in [0, 0.05) is 11.8 Å². The predicted molar refractivity (Wildman–Crippen MR) is 79.9 cm³/mol. The lowest BCUT2D eigenvalue weighted by molar-refractivity contribution is 0.655. The van der Waals surface area contributed by atoms with E-state index >= 15 is 0 Å². The molecule has 0 saturated heterocycles. The van der Waals surface area contributed by atoms with Gasteiger partial charge in [0.05, 0.1) is 0 Å². The summed E-state index contributed by atoms with van der Waals surface area (Å²) >= 11 is 2.04. The van der Waals surface area contributed by atoms with Crippen molar-refractivity contribution in [2.24, 2.45) is 5.92 Å². The van der Waals surface area contributed by atoms with Crippen LogP contribution in [0.4, 0.5) is 0 Å². The molecule has 17 heavy (non-hydrogen) atoms. The maximum atomic E-state index is 3.44. The molecule has 1 aromatic carbocycles. The molecule has 0 aliphatic rings. The van der Waals surface area contributed by atoms with E-state index in [0.717, 1.165) is 11.7 Å². The average molecular weight is 251 g/mol. The molecule has 0 aliphatic carbocycles. The zero-order valence-corrected chi connectivity index (χ0v) is 12.5. The van der Waals surface area contributed by atoms with E-state index in [1.807, 2.05) is 11.8 Å². The number of hydrogen-bond donors (Lipinski definition) is 1. The number of nitrogens with one attached hydrogen (secondary N) is 1. The second kappa shape index (κ2) is 7.07. The van der Waals surface area contributed by atoms with Gasteiger partial charge in [-0.15, -0.1) is 0 Å². The first kappa shape index (κ1) is 14.6. The molecule has 0 amide bonds. The van der Waals surface area contributed by atoms with Gasteiger partial charge in [-0.05, 0) is 49.3 Å². The largest absolute Gasteiger partial charge is 0.312 e. The third-order valence-electron chi connectivity index (χ3n) is 3.11. The van der Waals surface area contributed by atoms with Gasteiger partial charge in [-0.25, -0.2) is 0 Å². The van der Waals surface area contributed by atoms with Gasteiger partial charge in [0.15, 0.2) is 0 Å². The maximum absolute atomic E-state index is 3.44. The molecule has 2 heteroatoms. The van der Waals surface area contributed by atoms with Crippen LogP contribution in [0.3, 0.4) is 0 Å². The Morgan fingerprint density at radius 3 is 2.47 bits per heavy atom. The summed E-state index contributed by atoms with van der Waals surface area (Å²) in [6.07, 6.45) is 0. The monoisotopic (exact) mass is 251 g/mol. The highest BCUT2D eigenvalue weighted by Gasteiger charge is 2.12. The lowest BCUT2D eigenvalue weighted by atomic mass is 9.98. The molecule has 96 valence electrons. The predicted octanol–water partition coefficient (Wildman–Crippen LogP) is 3.95. The highest BCUT2D eigenvalue weighted by molar-refractivity contribution is 7.99. The molecule has 0 spiro atoms. The fourth-order valence-electron chi connectivity index (χ4n) is 1.90. The minimum Gasteiger partial charge on any atom is -0.312 e. The van der Waals surface area contributed by atoms with Gasteiger partial charge in [-0.3, -0.25) is 0 Å². The standard InChI is InChI=1S/C15H25NS/c1-11(2)9-17-10-15(16-5)14-8-6-7-12(3)13(14)4/h6-8,11,15-16H,9-10H2,1-5H3. The molecular formula is C15H25NS. The van der Waals surface area contributed by atoms with Crippen molar-refractivity contribution in [3.63, 3.8) is 0 Å². The van der Waals surface area contributed by atoms with E-state index in [0.29, 0.717) is 6.04 Å². The minimum atomic E-state index is 0.471. The maximum Gasteiger partial charge on any atom is 0.0412 e. The Bertz CT molecular complexity index is 347. The first-order valence-corrected chi connectivity index (χ1v) is 7.52. The lowest BCUT2D eigenvalue weighted by Crippen LogP contribution is -2.20. The molecule has 1 aromatic rings. The zero-order valence-electron chi connectivity index (χ0n) is 11.7. The summed E-state index contributed by atoms with van der Waals surface area (Å²) in [5.74, 6) is 3.17. The summed E-state index contributed by atoms with van der Waals surface area (Å²) in [5, 5.41) is 3.44. The van der Waals surface area contributed by atoms with Gasteiger partial charge in [-0.2, -0.15) is 11.8 Å². The van der Waals surface area contributed by atoms with E-state index in [4.69, 9.17) is 0 Å². The van der Waals surface area contributed by atoms with Crippen LogP contribution < -0.4 is 5.32 Å².